The molecule has 1 aliphatic heterocycles. The lowest BCUT2D eigenvalue weighted by Crippen LogP contribution is -2.32. The predicted octanol–water partition coefficient (Wildman–Crippen LogP) is 6.11. The van der Waals surface area contributed by atoms with Gasteiger partial charge in [-0.1, -0.05) is 23.7 Å². The third-order valence-corrected chi connectivity index (χ3v) is 7.79. The highest BCUT2D eigenvalue weighted by molar-refractivity contribution is 6.30. The van der Waals surface area contributed by atoms with Gasteiger partial charge in [0.05, 0.1) is 12.6 Å². The van der Waals surface area contributed by atoms with Crippen LogP contribution in [0, 0.1) is 11.7 Å². The second-order valence-corrected chi connectivity index (χ2v) is 10.7. The zero-order valence-corrected chi connectivity index (χ0v) is 22.5. The molecule has 40 heavy (non-hydrogen) atoms. The van der Waals surface area contributed by atoms with E-state index >= 15 is 0 Å². The van der Waals surface area contributed by atoms with Crippen LogP contribution in [-0.4, -0.2) is 43.3 Å². The van der Waals surface area contributed by atoms with Gasteiger partial charge in [-0.25, -0.2) is 24.1 Å². The fourth-order valence-electron chi connectivity index (χ4n) is 5.26. The number of pyridine rings is 2. The minimum Gasteiger partial charge on any atom is -0.477 e. The van der Waals surface area contributed by atoms with Crippen LogP contribution < -0.4 is 4.74 Å². The van der Waals surface area contributed by atoms with Crippen LogP contribution in [0.4, 0.5) is 4.39 Å². The molecule has 4 heterocycles. The first-order chi connectivity index (χ1) is 19.4. The molecule has 8 nitrogen and oxygen atoms in total. The van der Waals surface area contributed by atoms with Crippen LogP contribution in [0.15, 0.2) is 54.7 Å². The molecule has 1 fully saturated rings. The van der Waals surface area contributed by atoms with Crippen molar-refractivity contribution in [3.8, 4) is 5.88 Å². The first kappa shape index (κ1) is 26.4. The number of aromatic nitrogens is 4. The van der Waals surface area contributed by atoms with E-state index in [0.29, 0.717) is 40.1 Å². The normalized spacial score (nSPS) is 18.8. The molecule has 0 amide bonds. The summed E-state index contributed by atoms with van der Waals surface area (Å²) in [7, 11) is 0. The average Bonchev–Trinajstić information content (AvgIpc) is 3.26. The zero-order valence-electron chi connectivity index (χ0n) is 21.7. The van der Waals surface area contributed by atoms with Gasteiger partial charge >= 0.3 is 5.97 Å². The van der Waals surface area contributed by atoms with Crippen LogP contribution in [0.3, 0.4) is 0 Å². The quantitative estimate of drug-likeness (QED) is 0.263. The molecule has 1 aliphatic carbocycles. The Morgan fingerprint density at radius 1 is 1.20 bits per heavy atom. The van der Waals surface area contributed by atoms with Gasteiger partial charge in [-0.15, -0.1) is 0 Å². The molecule has 1 saturated heterocycles. The van der Waals surface area contributed by atoms with Crippen LogP contribution in [0.1, 0.15) is 53.1 Å². The van der Waals surface area contributed by atoms with Crippen molar-refractivity contribution < 1.29 is 23.8 Å². The Balaban J connectivity index is 1.18. The van der Waals surface area contributed by atoms with Crippen LogP contribution in [0.2, 0.25) is 5.02 Å². The fourth-order valence-corrected chi connectivity index (χ4v) is 5.42. The second-order valence-electron chi connectivity index (χ2n) is 10.2. The van der Waals surface area contributed by atoms with Gasteiger partial charge in [0.25, 0.3) is 0 Å². The zero-order chi connectivity index (χ0) is 27.6. The average molecular weight is 563 g/mol. The monoisotopic (exact) mass is 562 g/mol. The summed E-state index contributed by atoms with van der Waals surface area (Å²) in [5, 5.41) is 9.78. The number of hydrogen-bond donors (Lipinski definition) is 1. The molecule has 0 spiro atoms. The minimum atomic E-state index is -1.06. The molecule has 1 aromatic carbocycles. The number of benzene rings is 1. The number of hydrogen-bond acceptors (Lipinski definition) is 6. The van der Waals surface area contributed by atoms with Crippen molar-refractivity contribution in [3.05, 3.63) is 88.2 Å². The van der Waals surface area contributed by atoms with E-state index in [9.17, 15) is 14.3 Å². The Kier molecular flexibility index (Phi) is 7.49. The number of carbonyl (C=O) groups is 1. The number of carboxylic acid groups (broad SMARTS) is 1. The number of fused-ring (bicyclic) bond motifs is 1. The van der Waals surface area contributed by atoms with Crippen LogP contribution in [0.5, 0.6) is 5.88 Å². The van der Waals surface area contributed by atoms with Gasteiger partial charge in [0.1, 0.15) is 23.8 Å². The first-order valence-electron chi connectivity index (χ1n) is 13.4. The lowest BCUT2D eigenvalue weighted by molar-refractivity contribution is -0.0591. The Morgan fingerprint density at radius 2 is 2.08 bits per heavy atom. The minimum absolute atomic E-state index is 0.00765. The van der Waals surface area contributed by atoms with Crippen molar-refractivity contribution in [2.75, 3.05) is 6.61 Å². The van der Waals surface area contributed by atoms with Crippen molar-refractivity contribution in [3.63, 3.8) is 0 Å². The summed E-state index contributed by atoms with van der Waals surface area (Å²) in [5.74, 6) is 0.277. The molecule has 2 aliphatic rings. The highest BCUT2D eigenvalue weighted by Gasteiger charge is 2.26. The maximum atomic E-state index is 14.2. The van der Waals surface area contributed by atoms with E-state index in [1.807, 2.05) is 16.7 Å². The summed E-state index contributed by atoms with van der Waals surface area (Å²) in [6, 6.07) is 11.6. The predicted molar refractivity (Wildman–Crippen MR) is 148 cm³/mol. The van der Waals surface area contributed by atoms with E-state index in [1.165, 1.54) is 12.1 Å². The summed E-state index contributed by atoms with van der Waals surface area (Å²) in [5.41, 5.74) is 3.77. The molecule has 10 heteroatoms. The van der Waals surface area contributed by atoms with E-state index in [4.69, 9.17) is 26.1 Å². The van der Waals surface area contributed by atoms with E-state index in [1.54, 1.807) is 24.4 Å². The highest BCUT2D eigenvalue weighted by Crippen LogP contribution is 2.36. The molecule has 4 aromatic rings. The lowest BCUT2D eigenvalue weighted by Gasteiger charge is -2.28. The number of rotatable bonds is 9. The van der Waals surface area contributed by atoms with Crippen molar-refractivity contribution >= 4 is 34.3 Å². The summed E-state index contributed by atoms with van der Waals surface area (Å²) in [6.45, 7) is 1.41. The number of carboxylic acids is 1. The third kappa shape index (κ3) is 5.57. The summed E-state index contributed by atoms with van der Waals surface area (Å²) < 4.78 is 27.9. The smallest absolute Gasteiger partial charge is 0.354 e. The molecule has 0 radical (unpaired) electrons. The molecule has 0 bridgehead atoms. The molecule has 1 unspecified atom stereocenters. The van der Waals surface area contributed by atoms with Gasteiger partial charge < -0.3 is 19.1 Å². The Hall–Kier alpha value is -3.82. The molecular formula is C30H28ClFN4O4. The Morgan fingerprint density at radius 3 is 2.80 bits per heavy atom. The molecular weight excluding hydrogens is 535 g/mol. The second kappa shape index (κ2) is 11.3. The van der Waals surface area contributed by atoms with E-state index in [2.05, 4.69) is 16.0 Å². The van der Waals surface area contributed by atoms with Crippen molar-refractivity contribution in [1.29, 1.82) is 0 Å². The summed E-state index contributed by atoms with van der Waals surface area (Å²) in [6.07, 6.45) is 8.35. The van der Waals surface area contributed by atoms with E-state index < -0.39 is 11.8 Å². The number of allylic oxidation sites excluding steroid dienone is 2. The standard InChI is InChI=1S/C30H28ClFN4O4/c31-21-8-7-20(24(32)15-21)17-40-29-23(2-1-12-33-29)19-5-3-18(4-6-19)14-27-34-25-9-10-26(30(37)38)35-28(25)36(27)16-22-11-13-39-22/h1-2,5,7-10,12,15,18,22H,3-4,6,11,13-14,16-17H2,(H,37,38)/t18?,22-/m0/s1. The van der Waals surface area contributed by atoms with E-state index in [-0.39, 0.29) is 18.4 Å². The summed E-state index contributed by atoms with van der Waals surface area (Å²) in [4.78, 5) is 25.2. The van der Waals surface area contributed by atoms with Gasteiger partial charge in [0, 0.05) is 35.4 Å². The molecule has 1 N–H and O–H groups in total. The number of halogens is 2. The SMILES string of the molecule is O=C(O)c1ccc2nc(CC3CC=C(c4cccnc4OCc4ccc(Cl)cc4F)CC3)n(C[C@@H]3CCO3)c2n1. The largest absolute Gasteiger partial charge is 0.477 e. The van der Waals surface area contributed by atoms with Crippen LogP contribution in [-0.2, 0) is 24.3 Å². The van der Waals surface area contributed by atoms with Gasteiger partial charge in [0.2, 0.25) is 5.88 Å². The molecule has 6 rings (SSSR count). The van der Waals surface area contributed by atoms with E-state index in [0.717, 1.165) is 55.7 Å². The maximum Gasteiger partial charge on any atom is 0.354 e. The van der Waals surface area contributed by atoms with Gasteiger partial charge in [-0.05, 0) is 73.6 Å². The molecule has 206 valence electrons. The molecule has 2 atom stereocenters. The number of ether oxygens (including phenoxy) is 2. The molecule has 3 aromatic heterocycles. The Bertz CT molecular complexity index is 1600. The Labute approximate surface area is 235 Å². The lowest BCUT2D eigenvalue weighted by atomic mass is 9.85. The van der Waals surface area contributed by atoms with Crippen molar-refractivity contribution in [1.82, 2.24) is 19.5 Å². The molecule has 0 saturated carbocycles. The fraction of sp³-hybridized carbons (Fsp3) is 0.333. The third-order valence-electron chi connectivity index (χ3n) is 7.56. The van der Waals surface area contributed by atoms with Gasteiger partial charge in [-0.3, -0.25) is 0 Å². The number of nitrogens with zero attached hydrogens (tertiary/aromatic N) is 4. The van der Waals surface area contributed by atoms with Crippen molar-refractivity contribution in [2.24, 2.45) is 5.92 Å². The first-order valence-corrected chi connectivity index (χ1v) is 13.7. The topological polar surface area (TPSA) is 99.4 Å². The van der Waals surface area contributed by atoms with Crippen molar-refractivity contribution in [2.45, 2.75) is 51.4 Å². The highest BCUT2D eigenvalue weighted by atomic mass is 35.5. The van der Waals surface area contributed by atoms with Gasteiger partial charge in [-0.2, -0.15) is 0 Å². The van der Waals surface area contributed by atoms with Crippen LogP contribution in [0.25, 0.3) is 16.7 Å². The number of imidazole rings is 1. The maximum absolute atomic E-state index is 14.2. The van der Waals surface area contributed by atoms with Gasteiger partial charge in [0.15, 0.2) is 11.3 Å². The number of aromatic carboxylic acids is 1. The van der Waals surface area contributed by atoms with Crippen LogP contribution >= 0.6 is 11.6 Å². The summed E-state index contributed by atoms with van der Waals surface area (Å²) >= 11 is 5.87.